The van der Waals surface area contributed by atoms with Crippen molar-refractivity contribution in [1.29, 1.82) is 0 Å². The molecule has 12 heterocycles. The molecule has 3 aliphatic carbocycles. The first-order valence-corrected chi connectivity index (χ1v) is 45.7. The number of ether oxygens (including phenoxy) is 4. The van der Waals surface area contributed by atoms with Crippen molar-refractivity contribution in [2.75, 3.05) is 60.9 Å². The number of phosphoric acid groups is 4. The summed E-state index contributed by atoms with van der Waals surface area (Å²) < 4.78 is 89.0. The fourth-order valence-electron chi connectivity index (χ4n) is 14.3. The highest BCUT2D eigenvalue weighted by molar-refractivity contribution is 8.00. The van der Waals surface area contributed by atoms with Crippen LogP contribution in [-0.2, 0) is 55.3 Å². The van der Waals surface area contributed by atoms with E-state index in [4.69, 9.17) is 81.0 Å². The highest BCUT2D eigenvalue weighted by Gasteiger charge is 2.50. The first kappa shape index (κ1) is 89.7. The molecule has 7 fully saturated rings. The number of nitrogens with zero attached hydrogens (tertiary/aromatic N) is 16. The van der Waals surface area contributed by atoms with Crippen molar-refractivity contribution in [3.8, 4) is 0 Å². The van der Waals surface area contributed by atoms with Crippen LogP contribution in [0.5, 0.6) is 0 Å². The summed E-state index contributed by atoms with van der Waals surface area (Å²) in [6.07, 6.45) is 5.91. The Bertz CT molecular complexity index is 4840. The molecule has 15 rings (SSSR count). The zero-order valence-electron chi connectivity index (χ0n) is 61.4. The van der Waals surface area contributed by atoms with Gasteiger partial charge in [-0.3, -0.25) is 36.4 Å². The Morgan fingerprint density at radius 3 is 1.04 bits per heavy atom. The number of rotatable bonds is 25. The van der Waals surface area contributed by atoms with Gasteiger partial charge in [0.05, 0.1) is 51.7 Å². The van der Waals surface area contributed by atoms with Gasteiger partial charge in [-0.2, -0.15) is 0 Å². The lowest BCUT2D eigenvalue weighted by Gasteiger charge is -2.20. The number of anilines is 4. The van der Waals surface area contributed by atoms with E-state index in [9.17, 15) is 59.1 Å². The minimum absolute atomic E-state index is 0.142. The predicted molar refractivity (Wildman–Crippen MR) is 407 cm³/mol. The molecular formula is C61H92N20O28P4S3. The minimum atomic E-state index is -4.75. The SMILES string of the molecule is Nc1nc(SC2CCCCC2)nc2c1ncn2[C@@H]1O[C@H](COP(=O)(O)O)[C@@H](O)[C@H]1O.Nc1nc(SCC2CCCCC2)nc2c1ncn2[C@@H]1O[C@H](COP(=O)(O)O)[C@@H](O)[C@H]1O.Nc1nc(SCCC2CCCCC2)nc2c1ncn2[C@@H]1O[C@H](COP(=O)(O)O)[C@@H](O)[C@H]1O.Nc1ncnc2c1ncn2[C@@H]1O[C@H](COP(=O)(O)O)[C@@H](O)[C@H]1O. The number of phosphoric ester groups is 4. The van der Waals surface area contributed by atoms with Crippen LogP contribution in [0.25, 0.3) is 44.7 Å². The Balaban J connectivity index is 0.000000144. The number of hydrogen-bond donors (Lipinski definition) is 20. The third-order valence-corrected chi connectivity index (χ3v) is 25.3. The number of aliphatic hydroxyl groups excluding tert-OH is 8. The topological polar surface area (TPSA) is 744 Å². The van der Waals surface area contributed by atoms with Crippen LogP contribution < -0.4 is 22.9 Å². The number of nitrogens with two attached hydrogens (primary N) is 4. The average molecular weight is 1770 g/mol. The van der Waals surface area contributed by atoms with Crippen molar-refractivity contribution in [2.24, 2.45) is 11.8 Å². The molecule has 55 heteroatoms. The number of nitrogen functional groups attached to an aromatic ring is 4. The number of aromatic nitrogens is 16. The van der Waals surface area contributed by atoms with E-state index < -0.39 is 156 Å². The first-order chi connectivity index (χ1) is 55.0. The Kier molecular flexibility index (Phi) is 29.9. The molecule has 16 atom stereocenters. The molecule has 4 saturated heterocycles. The second-order valence-electron chi connectivity index (χ2n) is 28.4. The van der Waals surface area contributed by atoms with Crippen LogP contribution in [0.3, 0.4) is 0 Å². The molecule has 24 N–H and O–H groups in total. The fraction of sp³-hybridized carbons (Fsp3) is 0.672. The quantitative estimate of drug-likeness (QED) is 0.0213. The smallest absolute Gasteiger partial charge is 0.387 e. The van der Waals surface area contributed by atoms with Gasteiger partial charge >= 0.3 is 31.3 Å². The van der Waals surface area contributed by atoms with E-state index in [0.29, 0.717) is 65.6 Å². The second kappa shape index (κ2) is 38.6. The minimum Gasteiger partial charge on any atom is -0.387 e. The molecular weight excluding hydrogens is 1680 g/mol. The van der Waals surface area contributed by atoms with Crippen LogP contribution in [0.1, 0.15) is 128 Å². The average Bonchev–Trinajstić information content (AvgIpc) is 1.63. The van der Waals surface area contributed by atoms with Crippen molar-refractivity contribution < 1.29 is 135 Å². The third kappa shape index (κ3) is 22.6. The molecule has 0 amide bonds. The lowest BCUT2D eigenvalue weighted by atomic mass is 9.88. The van der Waals surface area contributed by atoms with E-state index in [1.54, 1.807) is 11.8 Å². The van der Waals surface area contributed by atoms with Gasteiger partial charge < -0.3 is 122 Å². The van der Waals surface area contributed by atoms with Gasteiger partial charge in [-0.15, -0.1) is 0 Å². The van der Waals surface area contributed by atoms with Gasteiger partial charge in [-0.1, -0.05) is 106 Å². The van der Waals surface area contributed by atoms with E-state index in [1.807, 2.05) is 0 Å². The molecule has 0 aromatic carbocycles. The normalized spacial score (nSPS) is 28.0. The van der Waals surface area contributed by atoms with Crippen LogP contribution in [-0.4, -0.2) is 275 Å². The molecule has 3 saturated carbocycles. The molecule has 0 spiro atoms. The molecule has 8 aromatic heterocycles. The van der Waals surface area contributed by atoms with Gasteiger partial charge in [0.15, 0.2) is 86.2 Å². The van der Waals surface area contributed by atoms with Crippen LogP contribution in [0.15, 0.2) is 47.1 Å². The summed E-state index contributed by atoms with van der Waals surface area (Å²) in [5.74, 6) is 3.85. The Hall–Kier alpha value is -5.59. The van der Waals surface area contributed by atoms with Crippen LogP contribution >= 0.6 is 66.6 Å². The molecule has 0 radical (unpaired) electrons. The van der Waals surface area contributed by atoms with E-state index in [2.05, 4.69) is 77.9 Å². The lowest BCUT2D eigenvalue weighted by molar-refractivity contribution is -0.0504. The summed E-state index contributed by atoms with van der Waals surface area (Å²) in [5, 5.41) is 84.0. The zero-order chi connectivity index (χ0) is 83.3. The van der Waals surface area contributed by atoms with E-state index in [1.165, 1.54) is 157 Å². The largest absolute Gasteiger partial charge is 0.469 e. The van der Waals surface area contributed by atoms with Gasteiger partial charge in [0.25, 0.3) is 0 Å². The van der Waals surface area contributed by atoms with Gasteiger partial charge in [-0.05, 0) is 43.9 Å². The van der Waals surface area contributed by atoms with E-state index in [-0.39, 0.29) is 28.9 Å². The number of aliphatic hydroxyl groups is 8. The van der Waals surface area contributed by atoms with Gasteiger partial charge in [0.2, 0.25) is 0 Å². The highest BCUT2D eigenvalue weighted by Crippen LogP contribution is 2.45. The molecule has 642 valence electrons. The molecule has 4 aliphatic heterocycles. The van der Waals surface area contributed by atoms with Crippen molar-refractivity contribution >= 4 is 135 Å². The maximum absolute atomic E-state index is 10.9. The van der Waals surface area contributed by atoms with E-state index >= 15 is 0 Å². The summed E-state index contributed by atoms with van der Waals surface area (Å²) in [5.41, 5.74) is 26.5. The van der Waals surface area contributed by atoms with Gasteiger partial charge in [0, 0.05) is 16.8 Å². The Morgan fingerprint density at radius 2 is 0.681 bits per heavy atom. The number of fused-ring (bicyclic) bond motifs is 4. The predicted octanol–water partition coefficient (Wildman–Crippen LogP) is 0.708. The van der Waals surface area contributed by atoms with Gasteiger partial charge in [-0.25, -0.2) is 78.1 Å². The van der Waals surface area contributed by atoms with Gasteiger partial charge in [0.1, 0.15) is 102 Å². The molecule has 0 bridgehead atoms. The number of hydrogen-bond acceptors (Lipinski definition) is 39. The third-order valence-electron chi connectivity index (χ3n) is 20.2. The highest BCUT2D eigenvalue weighted by atomic mass is 32.2. The maximum Gasteiger partial charge on any atom is 0.469 e. The number of thioether (sulfide) groups is 3. The van der Waals surface area contributed by atoms with E-state index in [0.717, 1.165) is 36.7 Å². The lowest BCUT2D eigenvalue weighted by Crippen LogP contribution is -2.33. The second-order valence-corrected chi connectivity index (χ2v) is 36.7. The Labute approximate surface area is 670 Å². The van der Waals surface area contributed by atoms with Crippen molar-refractivity contribution in [2.45, 2.75) is 222 Å². The van der Waals surface area contributed by atoms with Crippen LogP contribution in [0.4, 0.5) is 23.3 Å². The molecule has 0 unspecified atom stereocenters. The van der Waals surface area contributed by atoms with Crippen LogP contribution in [0.2, 0.25) is 0 Å². The summed E-state index contributed by atoms with van der Waals surface area (Å²) in [7, 11) is -19.0. The summed E-state index contributed by atoms with van der Waals surface area (Å²) in [6, 6.07) is 0. The summed E-state index contributed by atoms with van der Waals surface area (Å²) in [6.45, 7) is -2.37. The molecule has 116 heavy (non-hydrogen) atoms. The van der Waals surface area contributed by atoms with Crippen molar-refractivity contribution in [1.82, 2.24) is 78.1 Å². The Morgan fingerprint density at radius 1 is 0.371 bits per heavy atom. The molecule has 48 nitrogen and oxygen atoms in total. The standard InChI is InChI=1S/C18H28N5O7PS.C17H26N5O7PS.C16H24N5O7PS.C10H14N5O7P/c19-15-12-16(22-18(21-15)32-7-6-10-4-2-1-3-5-10)23(9-20-12)17-14(25)13(24)11(30-17)8-29-31(26,27)28;18-14-11-15(21-17(20-14)31-7-9-4-2-1-3-5-9)22(8-19-11)16-13(24)12(23)10(29-16)6-28-30(25,26)27;17-13-10-14(20-16(19-13)30-8-4-2-1-3-5-8)21(7-18-10)15-12(23)11(22)9(28-15)6-27-29(24,25)26;11-8-5-9(13-2-12-8)15(3-14-5)10-7(17)6(16)4(22-10)1-21-23(18,19)20/h9-11,13-14,17,24-25H,1-8H2,(H2,19,21,22)(H2,26,27,28);8-10,12-13,16,23-24H,1-7H2,(H2,18,20,21)(H2,25,26,27);7-9,11-12,15,22-23H,1-6H2,(H2,17,19,20)(H2,24,25,26);2-4,6-7,10,16-17H,1H2,(H2,11,12,13)(H2,18,19,20)/t11-,13-,14-,17-;10-,12-,13-,16-;9-,11-,12-,15-;4-,6-,7-,10-/m1111/s1. The zero-order valence-corrected chi connectivity index (χ0v) is 67.5. The number of imidazole rings is 4. The monoisotopic (exact) mass is 1770 g/mol. The van der Waals surface area contributed by atoms with Crippen molar-refractivity contribution in [3.63, 3.8) is 0 Å². The van der Waals surface area contributed by atoms with Crippen molar-refractivity contribution in [3.05, 3.63) is 31.6 Å². The molecule has 8 aromatic rings. The summed E-state index contributed by atoms with van der Waals surface area (Å²) in [4.78, 5) is 122. The fourth-order valence-corrected chi connectivity index (χ4v) is 18.8. The molecule has 7 aliphatic rings. The summed E-state index contributed by atoms with van der Waals surface area (Å²) >= 11 is 4.59. The maximum atomic E-state index is 10.9. The van der Waals surface area contributed by atoms with Crippen LogP contribution in [0, 0.1) is 11.8 Å². The first-order valence-electron chi connectivity index (χ1n) is 36.7.